The summed E-state index contributed by atoms with van der Waals surface area (Å²) < 4.78 is 2.66. The van der Waals surface area contributed by atoms with E-state index in [0.29, 0.717) is 11.8 Å². The molecule has 2 aromatic rings. The number of nitrogens with zero attached hydrogens (tertiary/aromatic N) is 5. The zero-order valence-corrected chi connectivity index (χ0v) is 15.0. The maximum absolute atomic E-state index is 12.3. The second kappa shape index (κ2) is 6.63. The van der Waals surface area contributed by atoms with Crippen LogP contribution in [0.25, 0.3) is 0 Å². The van der Waals surface area contributed by atoms with Gasteiger partial charge in [-0.2, -0.15) is 0 Å². The number of rotatable bonds is 4. The Morgan fingerprint density at radius 1 is 1.08 bits per heavy atom. The average Bonchev–Trinajstić information content (AvgIpc) is 3.43. The number of anilines is 1. The molecule has 3 heterocycles. The highest BCUT2D eigenvalue weighted by Crippen LogP contribution is 2.38. The molecule has 6 nitrogen and oxygen atoms in total. The van der Waals surface area contributed by atoms with Crippen molar-refractivity contribution >= 4 is 21.9 Å². The fraction of sp³-hybridized carbons (Fsp3) is 0.529. The van der Waals surface area contributed by atoms with Crippen LogP contribution in [0.2, 0.25) is 0 Å². The van der Waals surface area contributed by atoms with Crippen LogP contribution in [0.3, 0.4) is 0 Å². The molecule has 0 unspecified atom stereocenters. The molecule has 1 saturated heterocycles. The lowest BCUT2D eigenvalue weighted by Gasteiger charge is -2.32. The van der Waals surface area contributed by atoms with Gasteiger partial charge >= 0.3 is 0 Å². The van der Waals surface area contributed by atoms with Crippen LogP contribution in [-0.2, 0) is 6.54 Å². The Morgan fingerprint density at radius 3 is 2.42 bits per heavy atom. The summed E-state index contributed by atoms with van der Waals surface area (Å²) in [6.07, 6.45) is 9.72. The van der Waals surface area contributed by atoms with Crippen molar-refractivity contribution in [2.75, 3.05) is 18.0 Å². The van der Waals surface area contributed by atoms with E-state index >= 15 is 0 Å². The SMILES string of the molecule is O=c1cc(C2CC2)ncn1CC1CCN(c2ncc(Br)cn2)CC1. The third-order valence-corrected chi connectivity index (χ3v) is 5.26. The molecular weight excluding hydrogens is 370 g/mol. The smallest absolute Gasteiger partial charge is 0.253 e. The number of hydrogen-bond acceptors (Lipinski definition) is 5. The second-order valence-electron chi connectivity index (χ2n) is 6.71. The lowest BCUT2D eigenvalue weighted by Crippen LogP contribution is -2.37. The molecule has 7 heteroatoms. The molecule has 1 aliphatic heterocycles. The first-order chi connectivity index (χ1) is 11.7. The quantitative estimate of drug-likeness (QED) is 0.803. The molecule has 0 radical (unpaired) electrons. The van der Waals surface area contributed by atoms with Crippen LogP contribution in [0.15, 0.2) is 34.1 Å². The molecule has 4 rings (SSSR count). The average molecular weight is 390 g/mol. The summed E-state index contributed by atoms with van der Waals surface area (Å²) in [6, 6.07) is 1.72. The summed E-state index contributed by atoms with van der Waals surface area (Å²) in [5, 5.41) is 0. The molecule has 0 amide bonds. The Bertz CT molecular complexity index is 763. The van der Waals surface area contributed by atoms with Gasteiger partial charge in [-0.1, -0.05) is 0 Å². The highest BCUT2D eigenvalue weighted by Gasteiger charge is 2.26. The highest BCUT2D eigenvalue weighted by molar-refractivity contribution is 9.10. The zero-order valence-electron chi connectivity index (χ0n) is 13.4. The third-order valence-electron chi connectivity index (χ3n) is 4.86. The zero-order chi connectivity index (χ0) is 16.5. The van der Waals surface area contributed by atoms with Crippen LogP contribution in [0.5, 0.6) is 0 Å². The van der Waals surface area contributed by atoms with Gasteiger partial charge in [0, 0.05) is 44.0 Å². The standard InChI is InChI=1S/C17H20BrN5O/c18-14-8-19-17(20-9-14)22-5-3-12(4-6-22)10-23-11-21-15(7-16(23)24)13-1-2-13/h7-9,11-13H,1-6,10H2. The molecule has 1 aliphatic carbocycles. The van der Waals surface area contributed by atoms with Crippen LogP contribution >= 0.6 is 15.9 Å². The summed E-state index contributed by atoms with van der Waals surface area (Å²) >= 11 is 3.36. The van der Waals surface area contributed by atoms with Crippen LogP contribution < -0.4 is 10.5 Å². The van der Waals surface area contributed by atoms with Gasteiger partial charge in [0.2, 0.25) is 5.95 Å². The van der Waals surface area contributed by atoms with Crippen molar-refractivity contribution in [3.8, 4) is 0 Å². The number of hydrogen-bond donors (Lipinski definition) is 0. The van der Waals surface area contributed by atoms with E-state index in [9.17, 15) is 4.79 Å². The van der Waals surface area contributed by atoms with Crippen molar-refractivity contribution in [2.24, 2.45) is 5.92 Å². The molecule has 1 saturated carbocycles. The summed E-state index contributed by atoms with van der Waals surface area (Å²) in [4.78, 5) is 27.6. The molecule has 126 valence electrons. The first-order valence-corrected chi connectivity index (χ1v) is 9.27. The Kier molecular flexibility index (Phi) is 4.35. The summed E-state index contributed by atoms with van der Waals surface area (Å²) in [6.45, 7) is 2.61. The molecule has 2 fully saturated rings. The Morgan fingerprint density at radius 2 is 1.79 bits per heavy atom. The Balaban J connectivity index is 1.36. The van der Waals surface area contributed by atoms with Gasteiger partial charge < -0.3 is 4.90 Å². The third kappa shape index (κ3) is 3.50. The lowest BCUT2D eigenvalue weighted by molar-refractivity contribution is 0.349. The first kappa shape index (κ1) is 15.7. The van der Waals surface area contributed by atoms with E-state index in [1.165, 1.54) is 12.8 Å². The lowest BCUT2D eigenvalue weighted by atomic mass is 9.97. The monoisotopic (exact) mass is 389 g/mol. The van der Waals surface area contributed by atoms with Crippen LogP contribution in [0, 0.1) is 5.92 Å². The van der Waals surface area contributed by atoms with E-state index < -0.39 is 0 Å². The molecule has 0 atom stereocenters. The number of piperidine rings is 1. The predicted octanol–water partition coefficient (Wildman–Crippen LogP) is 2.59. The number of halogens is 1. The second-order valence-corrected chi connectivity index (χ2v) is 7.63. The molecule has 0 aromatic carbocycles. The topological polar surface area (TPSA) is 63.9 Å². The van der Waals surface area contributed by atoms with Gasteiger partial charge in [-0.05, 0) is 47.5 Å². The van der Waals surface area contributed by atoms with Gasteiger partial charge in [-0.3, -0.25) is 9.36 Å². The van der Waals surface area contributed by atoms with Crippen molar-refractivity contribution < 1.29 is 0 Å². The molecule has 0 N–H and O–H groups in total. The van der Waals surface area contributed by atoms with Crippen molar-refractivity contribution in [3.05, 3.63) is 45.3 Å². The first-order valence-electron chi connectivity index (χ1n) is 8.48. The fourth-order valence-electron chi connectivity index (χ4n) is 3.24. The largest absolute Gasteiger partial charge is 0.341 e. The minimum atomic E-state index is 0.0885. The minimum absolute atomic E-state index is 0.0885. The van der Waals surface area contributed by atoms with E-state index in [4.69, 9.17) is 0 Å². The summed E-state index contributed by atoms with van der Waals surface area (Å²) in [5.74, 6) is 1.81. The van der Waals surface area contributed by atoms with Gasteiger partial charge in [0.1, 0.15) is 0 Å². The van der Waals surface area contributed by atoms with Gasteiger partial charge in [0.15, 0.2) is 0 Å². The summed E-state index contributed by atoms with van der Waals surface area (Å²) in [7, 11) is 0. The molecule has 0 bridgehead atoms. The number of aromatic nitrogens is 4. The Hall–Kier alpha value is -1.76. The van der Waals surface area contributed by atoms with E-state index in [0.717, 1.165) is 48.6 Å². The predicted molar refractivity (Wildman–Crippen MR) is 95.1 cm³/mol. The van der Waals surface area contributed by atoms with Crippen LogP contribution in [0.1, 0.15) is 37.3 Å². The van der Waals surface area contributed by atoms with Gasteiger partial charge in [-0.15, -0.1) is 0 Å². The maximum atomic E-state index is 12.3. The molecule has 0 spiro atoms. The van der Waals surface area contributed by atoms with Gasteiger partial charge in [0.05, 0.1) is 16.5 Å². The molecular formula is C17H20BrN5O. The highest BCUT2D eigenvalue weighted by atomic mass is 79.9. The Labute approximate surface area is 149 Å². The van der Waals surface area contributed by atoms with Crippen molar-refractivity contribution in [2.45, 2.75) is 38.1 Å². The van der Waals surface area contributed by atoms with Crippen molar-refractivity contribution in [1.82, 2.24) is 19.5 Å². The fourth-order valence-corrected chi connectivity index (χ4v) is 3.45. The molecule has 2 aliphatic rings. The van der Waals surface area contributed by atoms with Gasteiger partial charge in [-0.25, -0.2) is 15.0 Å². The van der Waals surface area contributed by atoms with Crippen LogP contribution in [-0.4, -0.2) is 32.6 Å². The van der Waals surface area contributed by atoms with Gasteiger partial charge in [0.25, 0.3) is 5.56 Å². The molecule has 24 heavy (non-hydrogen) atoms. The van der Waals surface area contributed by atoms with E-state index in [1.54, 1.807) is 29.4 Å². The van der Waals surface area contributed by atoms with E-state index in [2.05, 4.69) is 35.8 Å². The minimum Gasteiger partial charge on any atom is -0.341 e. The van der Waals surface area contributed by atoms with Crippen molar-refractivity contribution in [1.29, 1.82) is 0 Å². The van der Waals surface area contributed by atoms with Crippen LogP contribution in [0.4, 0.5) is 5.95 Å². The van der Waals surface area contributed by atoms with Crippen molar-refractivity contribution in [3.63, 3.8) is 0 Å². The molecule has 2 aromatic heterocycles. The van der Waals surface area contributed by atoms with E-state index in [1.807, 2.05) is 0 Å². The van der Waals surface area contributed by atoms with E-state index in [-0.39, 0.29) is 5.56 Å². The normalized spacial score (nSPS) is 18.8. The summed E-state index contributed by atoms with van der Waals surface area (Å²) in [5.41, 5.74) is 1.06. The maximum Gasteiger partial charge on any atom is 0.253 e.